The van der Waals surface area contributed by atoms with Gasteiger partial charge >= 0.3 is 0 Å². The van der Waals surface area contributed by atoms with Crippen molar-refractivity contribution in [2.45, 2.75) is 25.8 Å². The van der Waals surface area contributed by atoms with E-state index in [4.69, 9.17) is 27.9 Å². The van der Waals surface area contributed by atoms with Gasteiger partial charge in [-0.3, -0.25) is 9.67 Å². The Bertz CT molecular complexity index is 552. The fraction of sp³-hybridized carbons (Fsp3) is 0.385. The zero-order valence-electron chi connectivity index (χ0n) is 10.9. The first-order valence-electron chi connectivity index (χ1n) is 5.99. The minimum atomic E-state index is 0.365. The summed E-state index contributed by atoms with van der Waals surface area (Å²) in [5.41, 5.74) is 2.57. The maximum atomic E-state index is 6.25. The Balaban J connectivity index is 2.07. The monoisotopic (exact) mass is 299 g/mol. The highest BCUT2D eigenvalue weighted by Gasteiger charge is 2.13. The van der Waals surface area contributed by atoms with Crippen LogP contribution in [0.5, 0.6) is 5.75 Å². The van der Waals surface area contributed by atoms with Crippen molar-refractivity contribution in [3.8, 4) is 5.75 Å². The molecule has 0 aromatic carbocycles. The summed E-state index contributed by atoms with van der Waals surface area (Å²) in [6.07, 6.45) is 2.46. The van der Waals surface area contributed by atoms with Crippen LogP contribution in [0.25, 0.3) is 0 Å². The lowest BCUT2D eigenvalue weighted by Crippen LogP contribution is -2.03. The van der Waals surface area contributed by atoms with Crippen LogP contribution in [0.3, 0.4) is 0 Å². The third-order valence-corrected chi connectivity index (χ3v) is 3.52. The summed E-state index contributed by atoms with van der Waals surface area (Å²) in [5.74, 6) is 1.08. The number of hydrogen-bond donors (Lipinski definition) is 0. The fourth-order valence-corrected chi connectivity index (χ4v) is 2.21. The van der Waals surface area contributed by atoms with Gasteiger partial charge in [0, 0.05) is 7.05 Å². The lowest BCUT2D eigenvalue weighted by molar-refractivity contribution is 0.293. The second-order valence-corrected chi connectivity index (χ2v) is 4.74. The summed E-state index contributed by atoms with van der Waals surface area (Å²) in [6.45, 7) is 2.39. The van der Waals surface area contributed by atoms with Gasteiger partial charge in [0.05, 0.1) is 34.2 Å². The van der Waals surface area contributed by atoms with Crippen molar-refractivity contribution < 1.29 is 4.74 Å². The van der Waals surface area contributed by atoms with Gasteiger partial charge in [-0.2, -0.15) is 5.10 Å². The van der Waals surface area contributed by atoms with Gasteiger partial charge in [-0.05, 0) is 18.6 Å². The molecule has 0 amide bonds. The summed E-state index contributed by atoms with van der Waals surface area (Å²) < 4.78 is 7.41. The van der Waals surface area contributed by atoms with Gasteiger partial charge in [0.15, 0.2) is 0 Å². The fourth-order valence-electron chi connectivity index (χ4n) is 1.70. The number of hydrogen-bond acceptors (Lipinski definition) is 3. The third-order valence-electron chi connectivity index (χ3n) is 2.81. The lowest BCUT2D eigenvalue weighted by atomic mass is 10.3. The molecule has 2 aromatic heterocycles. The van der Waals surface area contributed by atoms with Crippen LogP contribution < -0.4 is 4.74 Å². The molecule has 0 unspecified atom stereocenters. The Morgan fingerprint density at radius 2 is 2.16 bits per heavy atom. The molecule has 0 radical (unpaired) electrons. The quantitative estimate of drug-likeness (QED) is 0.795. The highest BCUT2D eigenvalue weighted by Crippen LogP contribution is 2.22. The summed E-state index contributed by atoms with van der Waals surface area (Å²) in [5, 5.41) is 5.02. The normalized spacial score (nSPS) is 10.7. The highest BCUT2D eigenvalue weighted by molar-refractivity contribution is 6.31. The number of aryl methyl sites for hydroxylation is 2. The maximum Gasteiger partial charge on any atom is 0.138 e. The van der Waals surface area contributed by atoms with Gasteiger partial charge in [-0.15, -0.1) is 11.6 Å². The van der Waals surface area contributed by atoms with Crippen molar-refractivity contribution in [2.75, 3.05) is 0 Å². The van der Waals surface area contributed by atoms with Crippen molar-refractivity contribution in [2.24, 2.45) is 7.05 Å². The van der Waals surface area contributed by atoms with E-state index in [1.165, 1.54) is 0 Å². The number of pyridine rings is 1. The van der Waals surface area contributed by atoms with E-state index in [1.54, 1.807) is 10.9 Å². The second-order valence-electron chi connectivity index (χ2n) is 4.09. The molecule has 0 spiro atoms. The Labute approximate surface area is 122 Å². The average Bonchev–Trinajstić information content (AvgIpc) is 2.72. The van der Waals surface area contributed by atoms with Gasteiger partial charge in [0.1, 0.15) is 12.4 Å². The molecule has 0 aliphatic heterocycles. The topological polar surface area (TPSA) is 39.9 Å². The maximum absolute atomic E-state index is 6.25. The predicted octanol–water partition coefficient (Wildman–Crippen LogP) is 3.35. The number of aromatic nitrogens is 3. The molecule has 0 fully saturated rings. The lowest BCUT2D eigenvalue weighted by Gasteiger charge is -2.07. The first kappa shape index (κ1) is 14.2. The number of nitrogens with zero attached hydrogens (tertiary/aromatic N) is 3. The summed E-state index contributed by atoms with van der Waals surface area (Å²) in [6, 6.07) is 3.68. The average molecular weight is 300 g/mol. The van der Waals surface area contributed by atoms with E-state index in [0.29, 0.717) is 23.3 Å². The Hall–Kier alpha value is -1.26. The molecule has 0 bridgehead atoms. The molecule has 0 N–H and O–H groups in total. The van der Waals surface area contributed by atoms with Crippen LogP contribution in [-0.2, 0) is 26.0 Å². The van der Waals surface area contributed by atoms with Crippen LogP contribution in [0.2, 0.25) is 5.02 Å². The molecular weight excluding hydrogens is 285 g/mol. The predicted molar refractivity (Wildman–Crippen MR) is 75.7 cm³/mol. The Morgan fingerprint density at radius 1 is 1.37 bits per heavy atom. The molecule has 19 heavy (non-hydrogen) atoms. The highest BCUT2D eigenvalue weighted by atomic mass is 35.5. The molecule has 0 aliphatic rings. The van der Waals surface area contributed by atoms with Crippen molar-refractivity contribution in [3.05, 3.63) is 40.4 Å². The minimum Gasteiger partial charge on any atom is -0.486 e. The molecule has 2 heterocycles. The van der Waals surface area contributed by atoms with E-state index in [1.807, 2.05) is 26.1 Å². The van der Waals surface area contributed by atoms with Crippen molar-refractivity contribution >= 4 is 23.2 Å². The summed E-state index contributed by atoms with van der Waals surface area (Å²) in [4.78, 5) is 4.16. The van der Waals surface area contributed by atoms with Crippen LogP contribution in [0, 0.1) is 0 Å². The molecule has 0 aliphatic carbocycles. The van der Waals surface area contributed by atoms with E-state index in [2.05, 4.69) is 10.1 Å². The van der Waals surface area contributed by atoms with Gasteiger partial charge in [0.2, 0.25) is 0 Å². The number of alkyl halides is 1. The Kier molecular flexibility index (Phi) is 4.66. The van der Waals surface area contributed by atoms with E-state index in [0.717, 1.165) is 23.5 Å². The van der Waals surface area contributed by atoms with Crippen LogP contribution in [0.4, 0.5) is 0 Å². The summed E-state index contributed by atoms with van der Waals surface area (Å²) >= 11 is 11.9. The van der Waals surface area contributed by atoms with Crippen LogP contribution >= 0.6 is 23.2 Å². The first-order valence-corrected chi connectivity index (χ1v) is 6.90. The van der Waals surface area contributed by atoms with Crippen molar-refractivity contribution in [1.82, 2.24) is 14.8 Å². The van der Waals surface area contributed by atoms with Gasteiger partial charge < -0.3 is 4.74 Å². The minimum absolute atomic E-state index is 0.365. The SMILES string of the molecule is CCc1nn(C)c(COc2ccc(CCl)nc2)c1Cl. The van der Waals surface area contributed by atoms with E-state index in [-0.39, 0.29) is 0 Å². The van der Waals surface area contributed by atoms with Crippen molar-refractivity contribution in [1.29, 1.82) is 0 Å². The second kappa shape index (κ2) is 6.26. The summed E-state index contributed by atoms with van der Waals surface area (Å²) in [7, 11) is 1.86. The molecule has 0 saturated carbocycles. The molecule has 4 nitrogen and oxygen atoms in total. The standard InChI is InChI=1S/C13H15Cl2N3O/c1-3-11-13(15)12(18(2)17-11)8-19-10-5-4-9(6-14)16-7-10/h4-5,7H,3,6,8H2,1-2H3. The van der Waals surface area contributed by atoms with Crippen molar-refractivity contribution in [3.63, 3.8) is 0 Å². The van der Waals surface area contributed by atoms with Crippen LogP contribution in [-0.4, -0.2) is 14.8 Å². The molecule has 0 atom stereocenters. The van der Waals surface area contributed by atoms with Crippen LogP contribution in [0.15, 0.2) is 18.3 Å². The Morgan fingerprint density at radius 3 is 2.68 bits per heavy atom. The molecule has 0 saturated heterocycles. The largest absolute Gasteiger partial charge is 0.486 e. The van der Waals surface area contributed by atoms with E-state index >= 15 is 0 Å². The first-order chi connectivity index (χ1) is 9.15. The zero-order chi connectivity index (χ0) is 13.8. The van der Waals surface area contributed by atoms with E-state index < -0.39 is 0 Å². The zero-order valence-corrected chi connectivity index (χ0v) is 12.4. The molecule has 2 rings (SSSR count). The molecule has 2 aromatic rings. The van der Waals surface area contributed by atoms with Crippen LogP contribution in [0.1, 0.15) is 24.0 Å². The van der Waals surface area contributed by atoms with Gasteiger partial charge in [-0.25, -0.2) is 0 Å². The number of halogens is 2. The molecular formula is C13H15Cl2N3O. The number of ether oxygens (including phenoxy) is 1. The third kappa shape index (κ3) is 3.19. The molecule has 6 heteroatoms. The molecule has 102 valence electrons. The number of rotatable bonds is 5. The smallest absolute Gasteiger partial charge is 0.138 e. The van der Waals surface area contributed by atoms with Gasteiger partial charge in [-0.1, -0.05) is 18.5 Å². The van der Waals surface area contributed by atoms with Gasteiger partial charge in [0.25, 0.3) is 0 Å². The van der Waals surface area contributed by atoms with E-state index in [9.17, 15) is 0 Å².